The zero-order chi connectivity index (χ0) is 14.5. The van der Waals surface area contributed by atoms with Crippen molar-refractivity contribution in [3.63, 3.8) is 0 Å². The van der Waals surface area contributed by atoms with Gasteiger partial charge in [-0.05, 0) is 26.7 Å². The highest BCUT2D eigenvalue weighted by Crippen LogP contribution is 2.14. The highest BCUT2D eigenvalue weighted by molar-refractivity contribution is 5.84. The molecular formula is C12H21N7O. The van der Waals surface area contributed by atoms with Crippen LogP contribution in [0.5, 0.6) is 0 Å². The van der Waals surface area contributed by atoms with E-state index >= 15 is 0 Å². The Labute approximate surface area is 118 Å². The molecule has 110 valence electrons. The lowest BCUT2D eigenvalue weighted by molar-refractivity contribution is -0.123. The fourth-order valence-electron chi connectivity index (χ4n) is 2.16. The second kappa shape index (κ2) is 6.36. The third-order valence-corrected chi connectivity index (χ3v) is 3.28. The number of nitrogens with one attached hydrogen (secondary N) is 2. The van der Waals surface area contributed by atoms with Gasteiger partial charge in [-0.2, -0.15) is 15.0 Å². The number of rotatable bonds is 5. The van der Waals surface area contributed by atoms with Gasteiger partial charge in [0.05, 0.1) is 0 Å². The Morgan fingerprint density at radius 3 is 2.75 bits per heavy atom. The first-order chi connectivity index (χ1) is 9.63. The monoisotopic (exact) mass is 279 g/mol. The molecule has 1 saturated heterocycles. The molecule has 0 radical (unpaired) electrons. The van der Waals surface area contributed by atoms with Crippen molar-refractivity contribution in [1.29, 1.82) is 0 Å². The number of nitrogen functional groups attached to an aromatic ring is 1. The van der Waals surface area contributed by atoms with Crippen molar-refractivity contribution in [3.05, 3.63) is 0 Å². The third-order valence-electron chi connectivity index (χ3n) is 3.28. The maximum atomic E-state index is 11.7. The molecule has 1 amide bonds. The topological polar surface area (TPSA) is 109 Å². The Balaban J connectivity index is 2.17. The molecular weight excluding hydrogens is 258 g/mol. The fraction of sp³-hybridized carbons (Fsp3) is 0.667. The third kappa shape index (κ3) is 3.25. The van der Waals surface area contributed by atoms with E-state index in [4.69, 9.17) is 5.73 Å². The number of anilines is 3. The molecule has 1 aliphatic heterocycles. The second-order valence-corrected chi connectivity index (χ2v) is 4.62. The van der Waals surface area contributed by atoms with E-state index in [0.717, 1.165) is 32.5 Å². The van der Waals surface area contributed by atoms with Gasteiger partial charge in [0.15, 0.2) is 0 Å². The summed E-state index contributed by atoms with van der Waals surface area (Å²) in [6.45, 7) is 6.32. The molecule has 8 nitrogen and oxygen atoms in total. The van der Waals surface area contributed by atoms with E-state index in [0.29, 0.717) is 11.9 Å². The minimum Gasteiger partial charge on any atom is -0.368 e. The van der Waals surface area contributed by atoms with E-state index in [1.165, 1.54) is 0 Å². The zero-order valence-corrected chi connectivity index (χ0v) is 11.9. The van der Waals surface area contributed by atoms with Crippen molar-refractivity contribution in [3.8, 4) is 0 Å². The summed E-state index contributed by atoms with van der Waals surface area (Å²) in [5.41, 5.74) is 5.72. The Morgan fingerprint density at radius 1 is 1.35 bits per heavy atom. The summed E-state index contributed by atoms with van der Waals surface area (Å²) in [7, 11) is 0. The normalized spacial score (nSPS) is 18.5. The lowest BCUT2D eigenvalue weighted by Crippen LogP contribution is -2.44. The zero-order valence-electron chi connectivity index (χ0n) is 11.9. The first-order valence-electron chi connectivity index (χ1n) is 6.94. The Morgan fingerprint density at radius 2 is 2.10 bits per heavy atom. The van der Waals surface area contributed by atoms with Crippen LogP contribution in [0.3, 0.4) is 0 Å². The SMILES string of the molecule is CCN(CC)c1nc(N)nc(NC2CCCNC2=O)n1. The number of carbonyl (C=O) groups is 1. The summed E-state index contributed by atoms with van der Waals surface area (Å²) in [5.74, 6) is 1.00. The summed E-state index contributed by atoms with van der Waals surface area (Å²) in [5, 5.41) is 5.85. The smallest absolute Gasteiger partial charge is 0.242 e. The molecule has 1 unspecified atom stereocenters. The van der Waals surface area contributed by atoms with E-state index in [1.807, 2.05) is 18.7 Å². The van der Waals surface area contributed by atoms with Crippen LogP contribution in [-0.4, -0.2) is 46.5 Å². The molecule has 1 aromatic rings. The maximum absolute atomic E-state index is 11.7. The number of piperidine rings is 1. The van der Waals surface area contributed by atoms with Crippen molar-refractivity contribution in [2.75, 3.05) is 35.6 Å². The van der Waals surface area contributed by atoms with E-state index < -0.39 is 0 Å². The molecule has 1 fully saturated rings. The molecule has 0 aliphatic carbocycles. The molecule has 1 aromatic heterocycles. The molecule has 1 aliphatic rings. The van der Waals surface area contributed by atoms with Gasteiger partial charge in [-0.15, -0.1) is 0 Å². The molecule has 0 aromatic carbocycles. The van der Waals surface area contributed by atoms with Crippen LogP contribution in [0.25, 0.3) is 0 Å². The van der Waals surface area contributed by atoms with Crippen molar-refractivity contribution >= 4 is 23.8 Å². The number of hydrogen-bond acceptors (Lipinski definition) is 7. The summed E-state index contributed by atoms with van der Waals surface area (Å²) < 4.78 is 0. The van der Waals surface area contributed by atoms with Crippen LogP contribution in [0.2, 0.25) is 0 Å². The average molecular weight is 279 g/mol. The molecule has 2 rings (SSSR count). The molecule has 8 heteroatoms. The van der Waals surface area contributed by atoms with Gasteiger partial charge in [0, 0.05) is 19.6 Å². The van der Waals surface area contributed by atoms with Gasteiger partial charge < -0.3 is 21.3 Å². The lowest BCUT2D eigenvalue weighted by atomic mass is 10.1. The van der Waals surface area contributed by atoms with Crippen LogP contribution in [0, 0.1) is 0 Å². The van der Waals surface area contributed by atoms with Crippen LogP contribution in [0.4, 0.5) is 17.8 Å². The largest absolute Gasteiger partial charge is 0.368 e. The van der Waals surface area contributed by atoms with Gasteiger partial charge in [0.25, 0.3) is 0 Å². The maximum Gasteiger partial charge on any atom is 0.242 e. The Hall–Kier alpha value is -2.12. The minimum absolute atomic E-state index is 0.0281. The number of hydrogen-bond donors (Lipinski definition) is 3. The molecule has 1 atom stereocenters. The van der Waals surface area contributed by atoms with E-state index in [9.17, 15) is 4.79 Å². The first kappa shape index (κ1) is 14.3. The summed E-state index contributed by atoms with van der Waals surface area (Å²) in [4.78, 5) is 26.2. The van der Waals surface area contributed by atoms with E-state index in [1.54, 1.807) is 0 Å². The second-order valence-electron chi connectivity index (χ2n) is 4.62. The standard InChI is InChI=1S/C12H21N7O/c1-3-19(4-2)12-17-10(13)16-11(18-12)15-8-6-5-7-14-9(8)20/h8H,3-7H2,1-2H3,(H,14,20)(H3,13,15,16,17,18). The molecule has 0 saturated carbocycles. The summed E-state index contributed by atoms with van der Waals surface area (Å²) in [6, 6.07) is -0.310. The van der Waals surface area contributed by atoms with Crippen molar-refractivity contribution in [2.45, 2.75) is 32.7 Å². The van der Waals surface area contributed by atoms with Crippen molar-refractivity contribution < 1.29 is 4.79 Å². The van der Waals surface area contributed by atoms with Gasteiger partial charge in [0.2, 0.25) is 23.8 Å². The molecule has 0 spiro atoms. The predicted octanol–water partition coefficient (Wildman–Crippen LogP) is -0.00950. The highest BCUT2D eigenvalue weighted by atomic mass is 16.2. The summed E-state index contributed by atoms with van der Waals surface area (Å²) in [6.07, 6.45) is 1.70. The van der Waals surface area contributed by atoms with E-state index in [2.05, 4.69) is 25.6 Å². The number of amides is 1. The first-order valence-corrected chi connectivity index (χ1v) is 6.94. The van der Waals surface area contributed by atoms with Crippen LogP contribution >= 0.6 is 0 Å². The fourth-order valence-corrected chi connectivity index (χ4v) is 2.16. The lowest BCUT2D eigenvalue weighted by Gasteiger charge is -2.24. The van der Waals surface area contributed by atoms with Crippen molar-refractivity contribution in [1.82, 2.24) is 20.3 Å². The van der Waals surface area contributed by atoms with Gasteiger partial charge in [-0.3, -0.25) is 4.79 Å². The van der Waals surface area contributed by atoms with Gasteiger partial charge in [-0.25, -0.2) is 0 Å². The van der Waals surface area contributed by atoms with Gasteiger partial charge >= 0.3 is 0 Å². The summed E-state index contributed by atoms with van der Waals surface area (Å²) >= 11 is 0. The van der Waals surface area contributed by atoms with E-state index in [-0.39, 0.29) is 17.9 Å². The quantitative estimate of drug-likeness (QED) is 0.695. The van der Waals surface area contributed by atoms with Crippen LogP contribution < -0.4 is 21.3 Å². The number of nitrogens with two attached hydrogens (primary N) is 1. The molecule has 2 heterocycles. The number of aromatic nitrogens is 3. The van der Waals surface area contributed by atoms with Gasteiger partial charge in [0.1, 0.15) is 6.04 Å². The predicted molar refractivity (Wildman–Crippen MR) is 77.5 cm³/mol. The average Bonchev–Trinajstić information content (AvgIpc) is 2.42. The van der Waals surface area contributed by atoms with Gasteiger partial charge in [-0.1, -0.05) is 0 Å². The van der Waals surface area contributed by atoms with Crippen LogP contribution in [0.15, 0.2) is 0 Å². The highest BCUT2D eigenvalue weighted by Gasteiger charge is 2.23. The molecule has 0 bridgehead atoms. The molecule has 20 heavy (non-hydrogen) atoms. The minimum atomic E-state index is -0.310. The number of carbonyl (C=O) groups excluding carboxylic acids is 1. The van der Waals surface area contributed by atoms with Crippen LogP contribution in [0.1, 0.15) is 26.7 Å². The Bertz CT molecular complexity index is 475. The molecule has 4 N–H and O–H groups in total. The van der Waals surface area contributed by atoms with Crippen LogP contribution in [-0.2, 0) is 4.79 Å². The number of nitrogens with zero attached hydrogens (tertiary/aromatic N) is 4. The van der Waals surface area contributed by atoms with Crippen molar-refractivity contribution in [2.24, 2.45) is 0 Å². The Kier molecular flexibility index (Phi) is 4.54.